The van der Waals surface area contributed by atoms with Crippen LogP contribution in [0, 0.1) is 6.92 Å². The first kappa shape index (κ1) is 18.1. The van der Waals surface area contributed by atoms with E-state index in [-0.39, 0.29) is 11.8 Å². The van der Waals surface area contributed by atoms with E-state index in [9.17, 15) is 9.59 Å². The van der Waals surface area contributed by atoms with Gasteiger partial charge in [0.15, 0.2) is 0 Å². The van der Waals surface area contributed by atoms with E-state index in [2.05, 4.69) is 10.00 Å². The molecule has 2 N–H and O–H groups in total. The first-order valence-corrected chi connectivity index (χ1v) is 8.88. The molecule has 1 saturated heterocycles. The Hall–Kier alpha value is -2.67. The molecule has 1 atom stereocenters. The van der Waals surface area contributed by atoms with Crippen LogP contribution in [0.15, 0.2) is 42.6 Å². The number of primary amides is 1. The second kappa shape index (κ2) is 8.14. The Morgan fingerprint density at radius 3 is 2.62 bits per heavy atom. The lowest BCUT2D eigenvalue weighted by molar-refractivity contribution is -0.137. The highest BCUT2D eigenvalue weighted by atomic mass is 16.2. The Bertz CT molecular complexity index is 758. The van der Waals surface area contributed by atoms with Crippen LogP contribution in [-0.2, 0) is 22.7 Å². The molecule has 0 radical (unpaired) electrons. The van der Waals surface area contributed by atoms with Gasteiger partial charge in [-0.25, -0.2) is 0 Å². The molecule has 1 fully saturated rings. The van der Waals surface area contributed by atoms with Gasteiger partial charge in [-0.2, -0.15) is 5.10 Å². The van der Waals surface area contributed by atoms with E-state index in [0.29, 0.717) is 39.1 Å². The fraction of sp³-hybridized carbons (Fsp3) is 0.421. The van der Waals surface area contributed by atoms with Gasteiger partial charge in [-0.15, -0.1) is 0 Å². The molecule has 3 rings (SSSR count). The summed E-state index contributed by atoms with van der Waals surface area (Å²) in [5, 5.41) is 4.20. The Labute approximate surface area is 153 Å². The molecule has 7 heteroatoms. The number of aromatic nitrogens is 2. The Kier molecular flexibility index (Phi) is 5.68. The van der Waals surface area contributed by atoms with Crippen molar-refractivity contribution >= 4 is 11.8 Å². The molecule has 1 aromatic carbocycles. The topological polar surface area (TPSA) is 84.5 Å². The summed E-state index contributed by atoms with van der Waals surface area (Å²) in [6.45, 7) is 4.75. The lowest BCUT2D eigenvalue weighted by Gasteiger charge is -2.40. The van der Waals surface area contributed by atoms with Crippen molar-refractivity contribution in [3.05, 3.63) is 53.9 Å². The van der Waals surface area contributed by atoms with E-state index in [1.165, 1.54) is 0 Å². The number of nitrogens with two attached hydrogens (primary N) is 1. The van der Waals surface area contributed by atoms with Gasteiger partial charge in [0.05, 0.1) is 0 Å². The van der Waals surface area contributed by atoms with Crippen molar-refractivity contribution in [1.82, 2.24) is 19.6 Å². The average Bonchev–Trinajstić information content (AvgIpc) is 3.05. The third-order valence-corrected chi connectivity index (χ3v) is 4.87. The van der Waals surface area contributed by atoms with Gasteiger partial charge in [-0.3, -0.25) is 19.2 Å². The zero-order chi connectivity index (χ0) is 18.5. The fourth-order valence-electron chi connectivity index (χ4n) is 3.32. The van der Waals surface area contributed by atoms with Crippen LogP contribution < -0.4 is 5.73 Å². The van der Waals surface area contributed by atoms with Crippen molar-refractivity contribution in [2.75, 3.05) is 19.6 Å². The summed E-state index contributed by atoms with van der Waals surface area (Å²) in [6.07, 6.45) is 2.10. The molecule has 0 spiro atoms. The molecule has 0 bridgehead atoms. The SMILES string of the molecule is Cc1ccnn1CCC(=O)N1CCN(Cc2ccccc2)[C@@H](C(N)=O)C1. The summed E-state index contributed by atoms with van der Waals surface area (Å²) in [5.41, 5.74) is 7.77. The van der Waals surface area contributed by atoms with Crippen LogP contribution in [0.5, 0.6) is 0 Å². The van der Waals surface area contributed by atoms with Crippen LogP contribution in [0.1, 0.15) is 17.7 Å². The van der Waals surface area contributed by atoms with Crippen molar-refractivity contribution in [1.29, 1.82) is 0 Å². The molecule has 138 valence electrons. The van der Waals surface area contributed by atoms with Crippen LogP contribution in [0.2, 0.25) is 0 Å². The minimum absolute atomic E-state index is 0.0329. The molecule has 0 saturated carbocycles. The smallest absolute Gasteiger partial charge is 0.236 e. The van der Waals surface area contributed by atoms with Gasteiger partial charge >= 0.3 is 0 Å². The number of rotatable bonds is 6. The second-order valence-corrected chi connectivity index (χ2v) is 6.66. The Morgan fingerprint density at radius 1 is 1.19 bits per heavy atom. The van der Waals surface area contributed by atoms with E-state index in [1.807, 2.05) is 48.0 Å². The van der Waals surface area contributed by atoms with Gasteiger partial charge < -0.3 is 10.6 Å². The summed E-state index contributed by atoms with van der Waals surface area (Å²) >= 11 is 0. The van der Waals surface area contributed by atoms with Crippen molar-refractivity contribution < 1.29 is 9.59 Å². The highest BCUT2D eigenvalue weighted by Gasteiger charge is 2.32. The first-order valence-electron chi connectivity index (χ1n) is 8.88. The minimum atomic E-state index is -0.459. The highest BCUT2D eigenvalue weighted by Crippen LogP contribution is 2.15. The predicted molar refractivity (Wildman–Crippen MR) is 98.0 cm³/mol. The third kappa shape index (κ3) is 4.29. The van der Waals surface area contributed by atoms with E-state index >= 15 is 0 Å². The Balaban J connectivity index is 1.59. The number of amides is 2. The molecule has 1 aliphatic rings. The standard InChI is InChI=1S/C19H25N5O2/c1-15-7-9-21-24(15)10-8-18(25)23-12-11-22(17(14-23)19(20)26)13-16-5-3-2-4-6-16/h2-7,9,17H,8,10-14H2,1H3,(H2,20,26)/t17-/m1/s1. The molecule has 26 heavy (non-hydrogen) atoms. The summed E-state index contributed by atoms with van der Waals surface area (Å²) < 4.78 is 1.81. The zero-order valence-electron chi connectivity index (χ0n) is 15.0. The molecule has 0 aliphatic carbocycles. The number of carbonyl (C=O) groups is 2. The lowest BCUT2D eigenvalue weighted by atomic mass is 10.1. The number of carbonyl (C=O) groups excluding carboxylic acids is 2. The van der Waals surface area contributed by atoms with Crippen LogP contribution >= 0.6 is 0 Å². The summed E-state index contributed by atoms with van der Waals surface area (Å²) in [7, 11) is 0. The van der Waals surface area contributed by atoms with Gasteiger partial charge in [-0.05, 0) is 18.6 Å². The highest BCUT2D eigenvalue weighted by molar-refractivity contribution is 5.82. The monoisotopic (exact) mass is 355 g/mol. The minimum Gasteiger partial charge on any atom is -0.368 e. The number of benzene rings is 1. The van der Waals surface area contributed by atoms with Crippen molar-refractivity contribution in [3.63, 3.8) is 0 Å². The number of hydrogen-bond donors (Lipinski definition) is 1. The quantitative estimate of drug-likeness (QED) is 0.830. The molecule has 7 nitrogen and oxygen atoms in total. The molecule has 1 aliphatic heterocycles. The number of aryl methyl sites for hydroxylation is 2. The van der Waals surface area contributed by atoms with Gasteiger partial charge in [0.2, 0.25) is 11.8 Å². The maximum Gasteiger partial charge on any atom is 0.236 e. The number of nitrogens with zero attached hydrogens (tertiary/aromatic N) is 4. The Morgan fingerprint density at radius 2 is 1.96 bits per heavy atom. The van der Waals surface area contributed by atoms with Crippen LogP contribution in [0.3, 0.4) is 0 Å². The van der Waals surface area contributed by atoms with E-state index in [4.69, 9.17) is 5.73 Å². The van der Waals surface area contributed by atoms with Crippen LogP contribution in [0.25, 0.3) is 0 Å². The molecule has 2 aromatic rings. The lowest BCUT2D eigenvalue weighted by Crippen LogP contribution is -2.58. The van der Waals surface area contributed by atoms with Crippen LogP contribution in [-0.4, -0.2) is 57.1 Å². The third-order valence-electron chi connectivity index (χ3n) is 4.87. The molecule has 2 amide bonds. The van der Waals surface area contributed by atoms with E-state index in [1.54, 1.807) is 11.1 Å². The molecule has 2 heterocycles. The van der Waals surface area contributed by atoms with Gasteiger partial charge in [0.1, 0.15) is 6.04 Å². The average molecular weight is 355 g/mol. The van der Waals surface area contributed by atoms with E-state index < -0.39 is 6.04 Å². The number of hydrogen-bond acceptors (Lipinski definition) is 4. The number of piperazine rings is 1. The molecule has 1 aromatic heterocycles. The second-order valence-electron chi connectivity index (χ2n) is 6.66. The van der Waals surface area contributed by atoms with Gasteiger partial charge in [0.25, 0.3) is 0 Å². The normalized spacial score (nSPS) is 18.0. The van der Waals surface area contributed by atoms with Crippen molar-refractivity contribution in [2.45, 2.75) is 32.5 Å². The largest absolute Gasteiger partial charge is 0.368 e. The molecular weight excluding hydrogens is 330 g/mol. The summed E-state index contributed by atoms with van der Waals surface area (Å²) in [5.74, 6) is -0.355. The zero-order valence-corrected chi connectivity index (χ0v) is 15.0. The fourth-order valence-corrected chi connectivity index (χ4v) is 3.32. The maximum atomic E-state index is 12.6. The predicted octanol–water partition coefficient (Wildman–Crippen LogP) is 0.780. The van der Waals surface area contributed by atoms with Crippen LogP contribution in [0.4, 0.5) is 0 Å². The molecular formula is C19H25N5O2. The molecule has 0 unspecified atom stereocenters. The van der Waals surface area contributed by atoms with Crippen molar-refractivity contribution in [2.24, 2.45) is 5.73 Å². The maximum absolute atomic E-state index is 12.6. The summed E-state index contributed by atoms with van der Waals surface area (Å²) in [6, 6.07) is 11.4. The van der Waals surface area contributed by atoms with Gasteiger partial charge in [-0.1, -0.05) is 30.3 Å². The van der Waals surface area contributed by atoms with E-state index in [0.717, 1.165) is 11.3 Å². The summed E-state index contributed by atoms with van der Waals surface area (Å²) in [4.78, 5) is 28.3. The van der Waals surface area contributed by atoms with Crippen molar-refractivity contribution in [3.8, 4) is 0 Å². The first-order chi connectivity index (χ1) is 12.5. The van der Waals surface area contributed by atoms with Gasteiger partial charge in [0, 0.05) is 51.0 Å².